The van der Waals surface area contributed by atoms with Gasteiger partial charge in [-0.1, -0.05) is 19.3 Å². The lowest BCUT2D eigenvalue weighted by Gasteiger charge is -2.22. The molecule has 0 atom stereocenters. The number of amides is 2. The van der Waals surface area contributed by atoms with E-state index in [9.17, 15) is 9.59 Å². The Kier molecular flexibility index (Phi) is 5.15. The third-order valence-electron chi connectivity index (χ3n) is 2.70. The van der Waals surface area contributed by atoms with Crippen LogP contribution in [-0.2, 0) is 4.79 Å². The van der Waals surface area contributed by atoms with Crippen LogP contribution in [0.15, 0.2) is 0 Å². The molecule has 0 aromatic rings. The van der Waals surface area contributed by atoms with Crippen molar-refractivity contribution in [2.24, 2.45) is 0 Å². The molecule has 0 aromatic heterocycles. The Labute approximate surface area is 90.8 Å². The van der Waals surface area contributed by atoms with E-state index in [1.54, 1.807) is 0 Å². The molecule has 86 valence electrons. The molecule has 0 saturated heterocycles. The molecule has 4 heteroatoms. The maximum atomic E-state index is 11.4. The van der Waals surface area contributed by atoms with Crippen LogP contribution >= 0.6 is 0 Å². The molecule has 1 rings (SSSR count). The molecule has 0 aliphatic heterocycles. The van der Waals surface area contributed by atoms with Gasteiger partial charge in [-0.3, -0.25) is 4.79 Å². The highest BCUT2D eigenvalue weighted by molar-refractivity contribution is 5.77. The number of urea groups is 1. The van der Waals surface area contributed by atoms with Crippen molar-refractivity contribution in [2.45, 2.75) is 51.5 Å². The van der Waals surface area contributed by atoms with E-state index in [4.69, 9.17) is 0 Å². The monoisotopic (exact) mass is 212 g/mol. The van der Waals surface area contributed by atoms with Crippen LogP contribution < -0.4 is 10.6 Å². The van der Waals surface area contributed by atoms with Gasteiger partial charge in [0.1, 0.15) is 5.78 Å². The molecular formula is C11H20N2O2. The Hall–Kier alpha value is -1.06. The maximum absolute atomic E-state index is 11.4. The standard InChI is InChI=1S/C11H20N2O2/c1-9(14)7-8-12-11(15)13-10-5-3-2-4-6-10/h10H,2-8H2,1H3,(H2,12,13,15). The second-order valence-electron chi connectivity index (χ2n) is 4.19. The van der Waals surface area contributed by atoms with Crippen LogP contribution in [0.1, 0.15) is 45.4 Å². The summed E-state index contributed by atoms with van der Waals surface area (Å²) in [5.74, 6) is 0.105. The van der Waals surface area contributed by atoms with Crippen molar-refractivity contribution in [3.63, 3.8) is 0 Å². The van der Waals surface area contributed by atoms with Gasteiger partial charge in [0.05, 0.1) is 0 Å². The van der Waals surface area contributed by atoms with Crippen molar-refractivity contribution in [3.05, 3.63) is 0 Å². The Bertz CT molecular complexity index is 223. The molecule has 0 bridgehead atoms. The molecule has 2 amide bonds. The predicted octanol–water partition coefficient (Wildman–Crippen LogP) is 1.60. The highest BCUT2D eigenvalue weighted by atomic mass is 16.2. The minimum absolute atomic E-state index is 0.105. The number of hydrogen-bond donors (Lipinski definition) is 2. The van der Waals surface area contributed by atoms with E-state index in [2.05, 4.69) is 10.6 Å². The summed E-state index contributed by atoms with van der Waals surface area (Å²) in [6.07, 6.45) is 6.28. The zero-order chi connectivity index (χ0) is 11.1. The molecule has 1 aliphatic carbocycles. The van der Waals surface area contributed by atoms with E-state index in [0.717, 1.165) is 12.8 Å². The lowest BCUT2D eigenvalue weighted by Crippen LogP contribution is -2.43. The van der Waals surface area contributed by atoms with Gasteiger partial charge in [0.15, 0.2) is 0 Å². The fourth-order valence-corrected chi connectivity index (χ4v) is 1.84. The van der Waals surface area contributed by atoms with E-state index < -0.39 is 0 Å². The van der Waals surface area contributed by atoms with E-state index in [0.29, 0.717) is 19.0 Å². The number of carbonyl (C=O) groups excluding carboxylic acids is 2. The first-order valence-corrected chi connectivity index (χ1v) is 5.72. The molecule has 15 heavy (non-hydrogen) atoms. The summed E-state index contributed by atoms with van der Waals surface area (Å²) in [5.41, 5.74) is 0. The average Bonchev–Trinajstić information content (AvgIpc) is 2.18. The largest absolute Gasteiger partial charge is 0.338 e. The van der Waals surface area contributed by atoms with Gasteiger partial charge >= 0.3 is 6.03 Å². The maximum Gasteiger partial charge on any atom is 0.315 e. The summed E-state index contributed by atoms with van der Waals surface area (Å²) in [7, 11) is 0. The van der Waals surface area contributed by atoms with Crippen molar-refractivity contribution in [3.8, 4) is 0 Å². The highest BCUT2D eigenvalue weighted by Crippen LogP contribution is 2.16. The van der Waals surface area contributed by atoms with Crippen molar-refractivity contribution in [1.82, 2.24) is 10.6 Å². The summed E-state index contributed by atoms with van der Waals surface area (Å²) in [5, 5.41) is 5.62. The van der Waals surface area contributed by atoms with Gasteiger partial charge in [-0.25, -0.2) is 4.79 Å². The SMILES string of the molecule is CC(=O)CCNC(=O)NC1CCCCC1. The van der Waals surface area contributed by atoms with Crippen molar-refractivity contribution >= 4 is 11.8 Å². The zero-order valence-corrected chi connectivity index (χ0v) is 9.34. The third-order valence-corrected chi connectivity index (χ3v) is 2.70. The number of carbonyl (C=O) groups is 2. The first-order chi connectivity index (χ1) is 7.18. The van der Waals surface area contributed by atoms with Crippen LogP contribution in [0.3, 0.4) is 0 Å². The van der Waals surface area contributed by atoms with E-state index in [1.807, 2.05) is 0 Å². The van der Waals surface area contributed by atoms with Gasteiger partial charge in [-0.15, -0.1) is 0 Å². The van der Waals surface area contributed by atoms with Crippen LogP contribution in [0, 0.1) is 0 Å². The molecule has 0 aromatic carbocycles. The lowest BCUT2D eigenvalue weighted by molar-refractivity contribution is -0.116. The Morgan fingerprint density at radius 1 is 1.20 bits per heavy atom. The number of ketones is 1. The summed E-state index contributed by atoms with van der Waals surface area (Å²) >= 11 is 0. The van der Waals surface area contributed by atoms with Crippen LogP contribution in [0.25, 0.3) is 0 Å². The molecule has 1 aliphatic rings. The fraction of sp³-hybridized carbons (Fsp3) is 0.818. The predicted molar refractivity (Wildman–Crippen MR) is 58.7 cm³/mol. The summed E-state index contributed by atoms with van der Waals surface area (Å²) in [4.78, 5) is 22.0. The van der Waals surface area contributed by atoms with Crippen LogP contribution in [0.4, 0.5) is 4.79 Å². The number of Topliss-reactive ketones (excluding diaryl/α,β-unsaturated/α-hetero) is 1. The second kappa shape index (κ2) is 6.43. The molecule has 4 nitrogen and oxygen atoms in total. The molecule has 0 heterocycles. The third kappa shape index (κ3) is 5.40. The number of rotatable bonds is 4. The Balaban J connectivity index is 2.09. The molecule has 1 fully saturated rings. The van der Waals surface area contributed by atoms with Crippen LogP contribution in [0.5, 0.6) is 0 Å². The minimum Gasteiger partial charge on any atom is -0.338 e. The van der Waals surface area contributed by atoms with E-state index in [-0.39, 0.29) is 11.8 Å². The van der Waals surface area contributed by atoms with Crippen molar-refractivity contribution < 1.29 is 9.59 Å². The van der Waals surface area contributed by atoms with Gasteiger partial charge in [-0.05, 0) is 19.8 Å². The van der Waals surface area contributed by atoms with Crippen molar-refractivity contribution in [1.29, 1.82) is 0 Å². The fourth-order valence-electron chi connectivity index (χ4n) is 1.84. The Morgan fingerprint density at radius 3 is 2.47 bits per heavy atom. The summed E-state index contributed by atoms with van der Waals surface area (Å²) < 4.78 is 0. The lowest BCUT2D eigenvalue weighted by atomic mass is 9.96. The molecule has 2 N–H and O–H groups in total. The molecular weight excluding hydrogens is 192 g/mol. The Morgan fingerprint density at radius 2 is 1.87 bits per heavy atom. The first-order valence-electron chi connectivity index (χ1n) is 5.72. The molecule has 0 unspecified atom stereocenters. The molecule has 0 radical (unpaired) electrons. The number of nitrogens with one attached hydrogen (secondary N) is 2. The summed E-state index contributed by atoms with van der Waals surface area (Å²) in [6, 6.07) is 0.194. The zero-order valence-electron chi connectivity index (χ0n) is 9.34. The average molecular weight is 212 g/mol. The second-order valence-corrected chi connectivity index (χ2v) is 4.19. The first kappa shape index (κ1) is 12.0. The summed E-state index contributed by atoms with van der Waals surface area (Å²) in [6.45, 7) is 1.97. The van der Waals surface area contributed by atoms with Crippen molar-refractivity contribution in [2.75, 3.05) is 6.54 Å². The highest BCUT2D eigenvalue weighted by Gasteiger charge is 2.14. The molecule has 1 saturated carbocycles. The van der Waals surface area contributed by atoms with E-state index >= 15 is 0 Å². The molecule has 0 spiro atoms. The quantitative estimate of drug-likeness (QED) is 0.743. The van der Waals surface area contributed by atoms with Gasteiger partial charge < -0.3 is 10.6 Å². The van der Waals surface area contributed by atoms with Gasteiger partial charge in [0.2, 0.25) is 0 Å². The van der Waals surface area contributed by atoms with Gasteiger partial charge in [-0.2, -0.15) is 0 Å². The van der Waals surface area contributed by atoms with Gasteiger partial charge in [0.25, 0.3) is 0 Å². The smallest absolute Gasteiger partial charge is 0.315 e. The van der Waals surface area contributed by atoms with Crippen LogP contribution in [-0.4, -0.2) is 24.4 Å². The normalized spacial score (nSPS) is 17.1. The topological polar surface area (TPSA) is 58.2 Å². The van der Waals surface area contributed by atoms with Gasteiger partial charge in [0, 0.05) is 19.0 Å². The van der Waals surface area contributed by atoms with Crippen LogP contribution in [0.2, 0.25) is 0 Å². The number of hydrogen-bond acceptors (Lipinski definition) is 2. The minimum atomic E-state index is -0.136. The van der Waals surface area contributed by atoms with E-state index in [1.165, 1.54) is 26.2 Å².